The van der Waals surface area contributed by atoms with Gasteiger partial charge in [0, 0.05) is 37.9 Å². The molecule has 0 spiro atoms. The Morgan fingerprint density at radius 1 is 1.34 bits per heavy atom. The first-order valence-corrected chi connectivity index (χ1v) is 9.63. The summed E-state index contributed by atoms with van der Waals surface area (Å²) in [7, 11) is 1.94. The molecule has 1 aliphatic rings. The fourth-order valence-electron chi connectivity index (χ4n) is 3.22. The summed E-state index contributed by atoms with van der Waals surface area (Å²) >= 11 is 0. The van der Waals surface area contributed by atoms with Gasteiger partial charge >= 0.3 is 12.1 Å². The molecule has 2 aromatic rings. The van der Waals surface area contributed by atoms with Crippen molar-refractivity contribution in [3.05, 3.63) is 46.5 Å². The molecule has 0 saturated heterocycles. The summed E-state index contributed by atoms with van der Waals surface area (Å²) in [5, 5.41) is 23.0. The molecule has 172 valence electrons. The first kappa shape index (κ1) is 24.8. The van der Waals surface area contributed by atoms with E-state index in [0.29, 0.717) is 6.54 Å². The van der Waals surface area contributed by atoms with E-state index in [9.17, 15) is 18.0 Å². The maximum absolute atomic E-state index is 11.5. The van der Waals surface area contributed by atoms with Gasteiger partial charge in [-0.25, -0.2) is 4.79 Å². The van der Waals surface area contributed by atoms with E-state index < -0.39 is 12.1 Å². The molecule has 9 nitrogen and oxygen atoms in total. The van der Waals surface area contributed by atoms with Gasteiger partial charge in [-0.2, -0.15) is 23.5 Å². The van der Waals surface area contributed by atoms with Crippen LogP contribution in [0, 0.1) is 18.3 Å². The van der Waals surface area contributed by atoms with Crippen molar-refractivity contribution in [1.29, 1.82) is 5.26 Å². The van der Waals surface area contributed by atoms with Crippen molar-refractivity contribution in [2.75, 3.05) is 6.54 Å². The van der Waals surface area contributed by atoms with E-state index in [-0.39, 0.29) is 12.3 Å². The molecule has 2 N–H and O–H groups in total. The lowest BCUT2D eigenvalue weighted by atomic mass is 10.0. The van der Waals surface area contributed by atoms with Crippen LogP contribution in [0.15, 0.2) is 18.2 Å². The van der Waals surface area contributed by atoms with Gasteiger partial charge in [0.05, 0.1) is 29.7 Å². The molecule has 12 heteroatoms. The number of aromatic nitrogens is 3. The number of rotatable bonds is 5. The Morgan fingerprint density at radius 3 is 2.62 bits per heavy atom. The zero-order chi connectivity index (χ0) is 23.9. The minimum atomic E-state index is -5.08. The van der Waals surface area contributed by atoms with Gasteiger partial charge in [-0.05, 0) is 25.5 Å². The van der Waals surface area contributed by atoms with Crippen molar-refractivity contribution in [1.82, 2.24) is 25.0 Å². The lowest BCUT2D eigenvalue weighted by Crippen LogP contribution is -2.31. The van der Waals surface area contributed by atoms with E-state index in [1.54, 1.807) is 0 Å². The summed E-state index contributed by atoms with van der Waals surface area (Å²) in [5.74, 6) is -3.02. The molecule has 3 rings (SSSR count). The number of alkyl halides is 3. The van der Waals surface area contributed by atoms with Gasteiger partial charge in [0.25, 0.3) is 0 Å². The van der Waals surface area contributed by atoms with Crippen molar-refractivity contribution < 1.29 is 27.9 Å². The third-order valence-electron chi connectivity index (χ3n) is 4.68. The number of nitrogens with zero attached hydrogens (tertiary/aromatic N) is 5. The molecular weight excluding hydrogens is 429 g/mol. The number of aliphatic carboxylic acids is 1. The quantitative estimate of drug-likeness (QED) is 0.709. The largest absolute Gasteiger partial charge is 0.490 e. The standard InChI is InChI=1S/C18H22N6O.C2HF3O2/c1-13-4-3-5-14(21-13)11-24-9-7-15-16(10-20-18(25)6-8-19)22-23(2)17(15)12-24;3-2(4,5)1(6)7/h3-5H,6-7,9-12H2,1-2H3,(H,20,25);(H,6,7). The second-order valence-electron chi connectivity index (χ2n) is 7.14. The van der Waals surface area contributed by atoms with Gasteiger partial charge in [0.15, 0.2) is 0 Å². The number of nitriles is 1. The molecule has 0 fully saturated rings. The number of carbonyl (C=O) groups excluding carboxylic acids is 1. The van der Waals surface area contributed by atoms with E-state index in [2.05, 4.69) is 26.4 Å². The highest BCUT2D eigenvalue weighted by Gasteiger charge is 2.38. The first-order valence-electron chi connectivity index (χ1n) is 9.63. The molecule has 0 unspecified atom stereocenters. The number of carboxylic acid groups (broad SMARTS) is 1. The van der Waals surface area contributed by atoms with Crippen LogP contribution in [0.5, 0.6) is 0 Å². The molecule has 0 bridgehead atoms. The topological polar surface area (TPSA) is 124 Å². The average molecular weight is 452 g/mol. The maximum atomic E-state index is 11.5. The van der Waals surface area contributed by atoms with E-state index in [1.165, 1.54) is 11.3 Å². The lowest BCUT2D eigenvalue weighted by molar-refractivity contribution is -0.192. The molecule has 0 aromatic carbocycles. The van der Waals surface area contributed by atoms with Crippen LogP contribution in [-0.4, -0.2) is 49.4 Å². The predicted octanol–water partition coefficient (Wildman–Crippen LogP) is 1.84. The van der Waals surface area contributed by atoms with Crippen molar-refractivity contribution in [2.45, 2.75) is 45.6 Å². The van der Waals surface area contributed by atoms with Crippen LogP contribution in [0.25, 0.3) is 0 Å². The zero-order valence-corrected chi connectivity index (χ0v) is 17.6. The minimum absolute atomic E-state index is 0.119. The van der Waals surface area contributed by atoms with Crippen molar-refractivity contribution in [2.24, 2.45) is 7.05 Å². The van der Waals surface area contributed by atoms with Crippen LogP contribution < -0.4 is 5.32 Å². The number of aryl methyl sites for hydroxylation is 2. The number of fused-ring (bicyclic) bond motifs is 1. The van der Waals surface area contributed by atoms with E-state index in [1.807, 2.05) is 36.9 Å². The normalized spacial score (nSPS) is 13.4. The zero-order valence-electron chi connectivity index (χ0n) is 17.6. The van der Waals surface area contributed by atoms with E-state index in [4.69, 9.17) is 15.2 Å². The fourth-order valence-corrected chi connectivity index (χ4v) is 3.22. The number of hydrogen-bond donors (Lipinski definition) is 2. The fraction of sp³-hybridized carbons (Fsp3) is 0.450. The van der Waals surface area contributed by atoms with E-state index in [0.717, 1.165) is 43.1 Å². The molecule has 0 radical (unpaired) electrons. The van der Waals surface area contributed by atoms with Crippen LogP contribution in [-0.2, 0) is 42.7 Å². The van der Waals surface area contributed by atoms with Gasteiger partial charge in [-0.3, -0.25) is 19.4 Å². The summed E-state index contributed by atoms with van der Waals surface area (Å²) in [6.07, 6.45) is -4.30. The Morgan fingerprint density at radius 2 is 2.03 bits per heavy atom. The summed E-state index contributed by atoms with van der Waals surface area (Å²) < 4.78 is 33.6. The van der Waals surface area contributed by atoms with E-state index >= 15 is 0 Å². The third-order valence-corrected chi connectivity index (χ3v) is 4.68. The third kappa shape index (κ3) is 7.05. The lowest BCUT2D eigenvalue weighted by Gasteiger charge is -2.27. The molecular formula is C20H23F3N6O3. The summed E-state index contributed by atoms with van der Waals surface area (Å²) in [6, 6.07) is 7.96. The van der Waals surface area contributed by atoms with Crippen molar-refractivity contribution in [3.63, 3.8) is 0 Å². The average Bonchev–Trinajstić information content (AvgIpc) is 3.02. The molecule has 32 heavy (non-hydrogen) atoms. The van der Waals surface area contributed by atoms with Gasteiger partial charge < -0.3 is 10.4 Å². The number of hydrogen-bond acceptors (Lipinski definition) is 6. The number of halogens is 3. The highest BCUT2D eigenvalue weighted by atomic mass is 19.4. The summed E-state index contributed by atoms with van der Waals surface area (Å²) in [4.78, 5) is 27.3. The SMILES string of the molecule is Cc1cccc(CN2CCc3c(CNC(=O)CC#N)nn(C)c3C2)n1.O=C(O)C(F)(F)F. The molecule has 3 heterocycles. The van der Waals surface area contributed by atoms with Crippen molar-refractivity contribution in [3.8, 4) is 6.07 Å². The Bertz CT molecular complexity index is 1010. The highest BCUT2D eigenvalue weighted by Crippen LogP contribution is 2.23. The van der Waals surface area contributed by atoms with Crippen LogP contribution in [0.1, 0.15) is 34.8 Å². The Balaban J connectivity index is 0.000000451. The van der Waals surface area contributed by atoms with Gasteiger partial charge in [0.1, 0.15) is 6.42 Å². The predicted molar refractivity (Wildman–Crippen MR) is 106 cm³/mol. The Kier molecular flexibility index (Phi) is 8.31. The summed E-state index contributed by atoms with van der Waals surface area (Å²) in [5.41, 5.74) is 5.41. The maximum Gasteiger partial charge on any atom is 0.490 e. The number of carboxylic acids is 1. The van der Waals surface area contributed by atoms with Gasteiger partial charge in [0.2, 0.25) is 5.91 Å². The smallest absolute Gasteiger partial charge is 0.475 e. The van der Waals surface area contributed by atoms with Gasteiger partial charge in [-0.1, -0.05) is 6.07 Å². The molecule has 1 amide bonds. The minimum Gasteiger partial charge on any atom is -0.475 e. The second kappa shape index (κ2) is 10.7. The van der Waals surface area contributed by atoms with Crippen LogP contribution >= 0.6 is 0 Å². The van der Waals surface area contributed by atoms with Crippen molar-refractivity contribution >= 4 is 11.9 Å². The molecule has 1 aliphatic heterocycles. The van der Waals surface area contributed by atoms with Crippen LogP contribution in [0.2, 0.25) is 0 Å². The molecule has 0 aliphatic carbocycles. The second-order valence-corrected chi connectivity index (χ2v) is 7.14. The molecule has 0 saturated carbocycles. The Hall–Kier alpha value is -3.46. The van der Waals surface area contributed by atoms with Crippen LogP contribution in [0.4, 0.5) is 13.2 Å². The monoisotopic (exact) mass is 452 g/mol. The number of pyridine rings is 1. The molecule has 0 atom stereocenters. The van der Waals surface area contributed by atoms with Crippen LogP contribution in [0.3, 0.4) is 0 Å². The molecule has 2 aromatic heterocycles. The number of carbonyl (C=O) groups is 2. The number of nitrogens with one attached hydrogen (secondary N) is 1. The van der Waals surface area contributed by atoms with Gasteiger partial charge in [-0.15, -0.1) is 0 Å². The Labute approximate surface area is 182 Å². The highest BCUT2D eigenvalue weighted by molar-refractivity contribution is 5.77. The summed E-state index contributed by atoms with van der Waals surface area (Å²) in [6.45, 7) is 4.96. The number of amides is 1. The first-order chi connectivity index (χ1) is 15.0.